The zero-order chi connectivity index (χ0) is 20.0. The van der Waals surface area contributed by atoms with Crippen LogP contribution in [0, 0.1) is 13.8 Å². The second kappa shape index (κ2) is 9.07. The predicted molar refractivity (Wildman–Crippen MR) is 97.1 cm³/mol. The molecule has 1 aromatic heterocycles. The molecule has 0 saturated carbocycles. The number of rotatable bonds is 7. The Hall–Kier alpha value is -3.03. The number of benzene rings is 1. The summed E-state index contributed by atoms with van der Waals surface area (Å²) in [5.41, 5.74) is 2.62. The Labute approximate surface area is 155 Å². The van der Waals surface area contributed by atoms with Crippen molar-refractivity contribution in [2.75, 3.05) is 11.9 Å². The molecule has 2 amide bonds. The van der Waals surface area contributed by atoms with Crippen LogP contribution in [0.25, 0.3) is 0 Å². The quantitative estimate of drug-likeness (QED) is 0.776. The maximum Gasteiger partial charge on any atom is 0.272 e. The van der Waals surface area contributed by atoms with Gasteiger partial charge in [0.15, 0.2) is 0 Å². The van der Waals surface area contributed by atoms with Crippen molar-refractivity contribution in [3.05, 3.63) is 52.7 Å². The summed E-state index contributed by atoms with van der Waals surface area (Å²) in [6, 6.07) is 8.07. The molecule has 0 bridgehead atoms. The van der Waals surface area contributed by atoms with Crippen molar-refractivity contribution < 1.29 is 23.1 Å². The minimum Gasteiger partial charge on any atom is -0.488 e. The lowest BCUT2D eigenvalue weighted by atomic mass is 10.1. The number of aryl methyl sites for hydroxylation is 2. The summed E-state index contributed by atoms with van der Waals surface area (Å²) >= 11 is 0. The Morgan fingerprint density at radius 2 is 1.93 bits per heavy atom. The molecule has 0 saturated heterocycles. The summed E-state index contributed by atoms with van der Waals surface area (Å²) in [6.07, 6.45) is -2.53. The van der Waals surface area contributed by atoms with Gasteiger partial charge in [-0.05, 0) is 49.2 Å². The van der Waals surface area contributed by atoms with E-state index in [1.54, 1.807) is 31.2 Å². The van der Waals surface area contributed by atoms with Crippen molar-refractivity contribution in [2.24, 2.45) is 0 Å². The minimum atomic E-state index is -2.53. The third-order valence-corrected chi connectivity index (χ3v) is 3.65. The van der Waals surface area contributed by atoms with Gasteiger partial charge in [0.2, 0.25) is 5.91 Å². The lowest BCUT2D eigenvalue weighted by Gasteiger charge is -2.12. The summed E-state index contributed by atoms with van der Waals surface area (Å²) in [5.74, 6) is 0.0747. The van der Waals surface area contributed by atoms with Gasteiger partial charge in [-0.15, -0.1) is 0 Å². The van der Waals surface area contributed by atoms with Gasteiger partial charge in [0, 0.05) is 24.7 Å². The van der Waals surface area contributed by atoms with Crippen molar-refractivity contribution in [3.8, 4) is 5.75 Å². The van der Waals surface area contributed by atoms with Gasteiger partial charge in [-0.1, -0.05) is 6.07 Å². The molecule has 2 aromatic rings. The van der Waals surface area contributed by atoms with Crippen molar-refractivity contribution in [3.63, 3.8) is 0 Å². The Balaban J connectivity index is 2.03. The van der Waals surface area contributed by atoms with Crippen molar-refractivity contribution in [1.82, 2.24) is 10.3 Å². The van der Waals surface area contributed by atoms with Gasteiger partial charge >= 0.3 is 0 Å². The zero-order valence-electron chi connectivity index (χ0n) is 15.3. The Bertz CT molecular complexity index is 841. The predicted octanol–water partition coefficient (Wildman–Crippen LogP) is 3.23. The standard InChI is InChI=1S/C19H21F2N3O3/c1-11-6-16(27-10-17(20)21)5-4-14(11)9-22-19(26)15-7-12(2)23-18(8-15)24-13(3)25/h4-8,17H,9-10H2,1-3H3,(H,22,26)(H,23,24,25). The highest BCUT2D eigenvalue weighted by Gasteiger charge is 2.11. The second-order valence-electron chi connectivity index (χ2n) is 6.04. The molecule has 0 spiro atoms. The Morgan fingerprint density at radius 3 is 2.56 bits per heavy atom. The number of nitrogens with one attached hydrogen (secondary N) is 2. The number of aromatic nitrogens is 1. The van der Waals surface area contributed by atoms with Crippen LogP contribution in [0.2, 0.25) is 0 Å². The van der Waals surface area contributed by atoms with E-state index in [0.717, 1.165) is 11.1 Å². The molecule has 27 heavy (non-hydrogen) atoms. The number of pyridine rings is 1. The van der Waals surface area contributed by atoms with E-state index >= 15 is 0 Å². The van der Waals surface area contributed by atoms with Gasteiger partial charge in [0.1, 0.15) is 18.2 Å². The number of hydrogen-bond acceptors (Lipinski definition) is 4. The van der Waals surface area contributed by atoms with E-state index in [-0.39, 0.29) is 18.4 Å². The van der Waals surface area contributed by atoms with Crippen LogP contribution in [-0.2, 0) is 11.3 Å². The number of anilines is 1. The van der Waals surface area contributed by atoms with Crippen LogP contribution in [-0.4, -0.2) is 29.8 Å². The topological polar surface area (TPSA) is 80.3 Å². The maximum absolute atomic E-state index is 12.4. The molecule has 0 aliphatic heterocycles. The van der Waals surface area contributed by atoms with E-state index in [2.05, 4.69) is 15.6 Å². The summed E-state index contributed by atoms with van der Waals surface area (Å²) in [6.45, 7) is 4.50. The van der Waals surface area contributed by atoms with Crippen LogP contribution >= 0.6 is 0 Å². The smallest absolute Gasteiger partial charge is 0.272 e. The highest BCUT2D eigenvalue weighted by Crippen LogP contribution is 2.18. The molecule has 0 aliphatic carbocycles. The molecule has 1 aromatic carbocycles. The molecule has 0 atom stereocenters. The highest BCUT2D eigenvalue weighted by molar-refractivity contribution is 5.96. The lowest BCUT2D eigenvalue weighted by molar-refractivity contribution is -0.114. The fourth-order valence-electron chi connectivity index (χ4n) is 2.44. The van der Waals surface area contributed by atoms with Gasteiger partial charge < -0.3 is 15.4 Å². The van der Waals surface area contributed by atoms with E-state index in [0.29, 0.717) is 22.8 Å². The van der Waals surface area contributed by atoms with Crippen molar-refractivity contribution in [2.45, 2.75) is 33.7 Å². The first-order chi connectivity index (χ1) is 12.7. The maximum atomic E-state index is 12.4. The summed E-state index contributed by atoms with van der Waals surface area (Å²) in [4.78, 5) is 27.7. The Morgan fingerprint density at radius 1 is 1.19 bits per heavy atom. The fraction of sp³-hybridized carbons (Fsp3) is 0.316. The van der Waals surface area contributed by atoms with Crippen LogP contribution in [0.15, 0.2) is 30.3 Å². The number of alkyl halides is 2. The van der Waals surface area contributed by atoms with E-state index in [4.69, 9.17) is 4.74 Å². The first-order valence-corrected chi connectivity index (χ1v) is 8.29. The molecule has 0 fully saturated rings. The summed E-state index contributed by atoms with van der Waals surface area (Å²) < 4.78 is 29.4. The second-order valence-corrected chi connectivity index (χ2v) is 6.04. The Kier molecular flexibility index (Phi) is 6.81. The van der Waals surface area contributed by atoms with Crippen LogP contribution in [0.5, 0.6) is 5.75 Å². The third-order valence-electron chi connectivity index (χ3n) is 3.65. The van der Waals surface area contributed by atoms with Crippen LogP contribution in [0.4, 0.5) is 14.6 Å². The zero-order valence-corrected chi connectivity index (χ0v) is 15.3. The third kappa shape index (κ3) is 6.32. The van der Waals surface area contributed by atoms with Crippen molar-refractivity contribution >= 4 is 17.6 Å². The SMILES string of the molecule is CC(=O)Nc1cc(C(=O)NCc2ccc(OCC(F)F)cc2C)cc(C)n1. The number of carbonyl (C=O) groups excluding carboxylic acids is 2. The molecule has 0 aliphatic rings. The van der Waals surface area contributed by atoms with Gasteiger partial charge in [0.05, 0.1) is 0 Å². The van der Waals surface area contributed by atoms with Crippen LogP contribution in [0.1, 0.15) is 34.1 Å². The highest BCUT2D eigenvalue weighted by atomic mass is 19.3. The fourth-order valence-corrected chi connectivity index (χ4v) is 2.44. The van der Waals surface area contributed by atoms with Gasteiger partial charge in [0.25, 0.3) is 12.3 Å². The molecule has 1 heterocycles. The number of amides is 2. The molecule has 2 rings (SSSR count). The number of nitrogens with zero attached hydrogens (tertiary/aromatic N) is 1. The van der Waals surface area contributed by atoms with E-state index in [9.17, 15) is 18.4 Å². The molecule has 0 radical (unpaired) electrons. The molecule has 0 unspecified atom stereocenters. The molecular weight excluding hydrogens is 356 g/mol. The van der Waals surface area contributed by atoms with Crippen LogP contribution < -0.4 is 15.4 Å². The molecule has 2 N–H and O–H groups in total. The van der Waals surface area contributed by atoms with Gasteiger partial charge in [-0.3, -0.25) is 9.59 Å². The molecule has 8 heteroatoms. The normalized spacial score (nSPS) is 10.6. The van der Waals surface area contributed by atoms with Gasteiger partial charge in [-0.25, -0.2) is 13.8 Å². The average molecular weight is 377 g/mol. The first kappa shape index (κ1) is 20.3. The van der Waals surface area contributed by atoms with Gasteiger partial charge in [-0.2, -0.15) is 0 Å². The number of halogens is 2. The number of ether oxygens (including phenoxy) is 1. The van der Waals surface area contributed by atoms with E-state index < -0.39 is 13.0 Å². The monoisotopic (exact) mass is 377 g/mol. The van der Waals surface area contributed by atoms with Crippen LogP contribution in [0.3, 0.4) is 0 Å². The summed E-state index contributed by atoms with van der Waals surface area (Å²) in [5, 5.41) is 5.35. The van der Waals surface area contributed by atoms with Crippen molar-refractivity contribution in [1.29, 1.82) is 0 Å². The molecule has 6 nitrogen and oxygen atoms in total. The minimum absolute atomic E-state index is 0.261. The number of hydrogen-bond donors (Lipinski definition) is 2. The lowest BCUT2D eigenvalue weighted by Crippen LogP contribution is -2.24. The first-order valence-electron chi connectivity index (χ1n) is 8.29. The molecular formula is C19H21F2N3O3. The summed E-state index contributed by atoms with van der Waals surface area (Å²) in [7, 11) is 0. The largest absolute Gasteiger partial charge is 0.488 e. The average Bonchev–Trinajstić information content (AvgIpc) is 2.57. The number of carbonyl (C=O) groups is 2. The van der Waals surface area contributed by atoms with E-state index in [1.165, 1.54) is 13.0 Å². The molecule has 144 valence electrons. The van der Waals surface area contributed by atoms with E-state index in [1.807, 2.05) is 6.92 Å².